The van der Waals surface area contributed by atoms with Crippen LogP contribution in [0.4, 0.5) is 13.2 Å². The fraction of sp³-hybridized carbons (Fsp3) is 0.538. The van der Waals surface area contributed by atoms with Crippen molar-refractivity contribution in [3.05, 3.63) is 35.1 Å². The van der Waals surface area contributed by atoms with Crippen LogP contribution in [-0.4, -0.2) is 0 Å². The average molecular weight is 256 g/mol. The van der Waals surface area contributed by atoms with Gasteiger partial charge in [0.15, 0.2) is 17.5 Å². The molecule has 1 aromatic rings. The maximum absolute atomic E-state index is 13.8. The lowest BCUT2D eigenvalue weighted by Gasteiger charge is -2.19. The molecule has 0 spiro atoms. The van der Waals surface area contributed by atoms with E-state index in [0.29, 0.717) is 11.8 Å². The topological polar surface area (TPSA) is 38.0 Å². The van der Waals surface area contributed by atoms with Crippen LogP contribution < -0.4 is 11.3 Å². The lowest BCUT2D eigenvalue weighted by atomic mass is 9.97. The molecule has 0 saturated heterocycles. The van der Waals surface area contributed by atoms with Gasteiger partial charge in [-0.05, 0) is 36.7 Å². The van der Waals surface area contributed by atoms with E-state index < -0.39 is 23.5 Å². The van der Waals surface area contributed by atoms with Gasteiger partial charge in [0.2, 0.25) is 0 Å². The minimum atomic E-state index is -1.42. The van der Waals surface area contributed by atoms with E-state index in [1.54, 1.807) is 0 Å². The number of fused-ring (bicyclic) bond motifs is 1. The van der Waals surface area contributed by atoms with Crippen molar-refractivity contribution in [1.82, 2.24) is 5.43 Å². The molecular formula is C13H15F3N2. The quantitative estimate of drug-likeness (QED) is 0.495. The highest BCUT2D eigenvalue weighted by Crippen LogP contribution is 2.62. The molecule has 18 heavy (non-hydrogen) atoms. The van der Waals surface area contributed by atoms with E-state index in [4.69, 9.17) is 5.84 Å². The number of nitrogens with one attached hydrogen (secondary N) is 1. The van der Waals surface area contributed by atoms with Crippen LogP contribution in [0, 0.1) is 35.2 Å². The molecule has 2 nitrogen and oxygen atoms in total. The van der Waals surface area contributed by atoms with Crippen LogP contribution >= 0.6 is 0 Å². The maximum Gasteiger partial charge on any atom is 0.194 e. The number of nitrogens with two attached hydrogens (primary N) is 1. The van der Waals surface area contributed by atoms with Crippen molar-refractivity contribution in [3.8, 4) is 0 Å². The molecule has 98 valence electrons. The molecule has 3 rings (SSSR count). The first-order chi connectivity index (χ1) is 8.65. The summed E-state index contributed by atoms with van der Waals surface area (Å²) in [5.41, 5.74) is 2.70. The third-order valence-electron chi connectivity index (χ3n) is 4.44. The molecule has 2 aliphatic carbocycles. The van der Waals surface area contributed by atoms with Gasteiger partial charge in [-0.3, -0.25) is 11.3 Å². The zero-order valence-electron chi connectivity index (χ0n) is 9.80. The molecule has 3 unspecified atom stereocenters. The zero-order chi connectivity index (χ0) is 12.9. The number of rotatable bonds is 3. The smallest absolute Gasteiger partial charge is 0.194 e. The van der Waals surface area contributed by atoms with Gasteiger partial charge < -0.3 is 0 Å². The highest BCUT2D eigenvalue weighted by molar-refractivity contribution is 5.27. The number of hydrogen-bond donors (Lipinski definition) is 2. The van der Waals surface area contributed by atoms with Gasteiger partial charge in [-0.15, -0.1) is 0 Å². The molecule has 1 aromatic carbocycles. The van der Waals surface area contributed by atoms with Crippen LogP contribution in [0.2, 0.25) is 0 Å². The number of hydrazine groups is 1. The molecular weight excluding hydrogens is 241 g/mol. The Balaban J connectivity index is 1.91. The fourth-order valence-electron chi connectivity index (χ4n) is 3.56. The molecule has 3 N–H and O–H groups in total. The van der Waals surface area contributed by atoms with Gasteiger partial charge in [-0.1, -0.05) is 12.5 Å². The maximum atomic E-state index is 13.8. The first-order valence-electron chi connectivity index (χ1n) is 6.24. The first kappa shape index (κ1) is 12.0. The fourth-order valence-corrected chi connectivity index (χ4v) is 3.56. The van der Waals surface area contributed by atoms with E-state index in [2.05, 4.69) is 5.43 Å². The molecule has 0 radical (unpaired) electrons. The molecule has 2 saturated carbocycles. The highest BCUT2D eigenvalue weighted by Gasteiger charge is 2.56. The molecule has 0 heterocycles. The van der Waals surface area contributed by atoms with Gasteiger partial charge >= 0.3 is 0 Å². The Morgan fingerprint density at radius 1 is 1.11 bits per heavy atom. The molecule has 0 bridgehead atoms. The third kappa shape index (κ3) is 1.65. The van der Waals surface area contributed by atoms with E-state index in [1.165, 1.54) is 12.5 Å². The van der Waals surface area contributed by atoms with Gasteiger partial charge in [0.1, 0.15) is 0 Å². The van der Waals surface area contributed by atoms with Crippen LogP contribution in [0.3, 0.4) is 0 Å². The number of hydrogen-bond acceptors (Lipinski definition) is 2. The van der Waals surface area contributed by atoms with Crippen LogP contribution in [0.25, 0.3) is 0 Å². The molecule has 5 heteroatoms. The predicted octanol–water partition coefficient (Wildman–Crippen LogP) is 2.65. The summed E-state index contributed by atoms with van der Waals surface area (Å²) >= 11 is 0. The Hall–Kier alpha value is -1.07. The van der Waals surface area contributed by atoms with Gasteiger partial charge in [-0.2, -0.15) is 0 Å². The Kier molecular flexibility index (Phi) is 2.83. The SMILES string of the molecule is NNC(c1ccc(F)c(F)c1F)C1C2CCCC21. The molecule has 0 amide bonds. The second-order valence-corrected chi connectivity index (χ2v) is 5.24. The minimum absolute atomic E-state index is 0.135. The van der Waals surface area contributed by atoms with Crippen molar-refractivity contribution in [2.75, 3.05) is 0 Å². The van der Waals surface area contributed by atoms with E-state index >= 15 is 0 Å². The Bertz CT molecular complexity index is 468. The summed E-state index contributed by atoms with van der Waals surface area (Å²) in [4.78, 5) is 0. The van der Waals surface area contributed by atoms with E-state index in [1.807, 2.05) is 0 Å². The largest absolute Gasteiger partial charge is 0.271 e. The van der Waals surface area contributed by atoms with E-state index in [-0.39, 0.29) is 11.5 Å². The van der Waals surface area contributed by atoms with Crippen LogP contribution in [0.1, 0.15) is 30.9 Å². The minimum Gasteiger partial charge on any atom is -0.271 e. The summed E-state index contributed by atoms with van der Waals surface area (Å²) in [6.07, 6.45) is 3.45. The highest BCUT2D eigenvalue weighted by atomic mass is 19.2. The second-order valence-electron chi connectivity index (χ2n) is 5.24. The molecule has 2 aliphatic rings. The lowest BCUT2D eigenvalue weighted by molar-refractivity contribution is 0.388. The van der Waals surface area contributed by atoms with Crippen molar-refractivity contribution >= 4 is 0 Å². The monoisotopic (exact) mass is 256 g/mol. The van der Waals surface area contributed by atoms with Crippen LogP contribution in [0.5, 0.6) is 0 Å². The van der Waals surface area contributed by atoms with Gasteiger partial charge in [-0.25, -0.2) is 13.2 Å². The second kappa shape index (κ2) is 4.24. The Morgan fingerprint density at radius 3 is 2.39 bits per heavy atom. The van der Waals surface area contributed by atoms with Crippen molar-refractivity contribution in [3.63, 3.8) is 0 Å². The Morgan fingerprint density at radius 2 is 1.78 bits per heavy atom. The zero-order valence-corrected chi connectivity index (χ0v) is 9.80. The van der Waals surface area contributed by atoms with Crippen LogP contribution in [0.15, 0.2) is 12.1 Å². The van der Waals surface area contributed by atoms with Crippen molar-refractivity contribution in [2.24, 2.45) is 23.6 Å². The van der Waals surface area contributed by atoms with Crippen molar-refractivity contribution in [1.29, 1.82) is 0 Å². The van der Waals surface area contributed by atoms with Gasteiger partial charge in [0.25, 0.3) is 0 Å². The van der Waals surface area contributed by atoms with Crippen LogP contribution in [-0.2, 0) is 0 Å². The van der Waals surface area contributed by atoms with Gasteiger partial charge in [0.05, 0.1) is 6.04 Å². The molecule has 3 atom stereocenters. The summed E-state index contributed by atoms with van der Waals surface area (Å²) in [5, 5.41) is 0. The normalized spacial score (nSPS) is 31.2. The van der Waals surface area contributed by atoms with Crippen molar-refractivity contribution in [2.45, 2.75) is 25.3 Å². The summed E-state index contributed by atoms with van der Waals surface area (Å²) in [5.74, 6) is 3.13. The third-order valence-corrected chi connectivity index (χ3v) is 4.44. The van der Waals surface area contributed by atoms with E-state index in [0.717, 1.165) is 18.9 Å². The standard InChI is InChI=1S/C13H15F3N2/c14-9-5-4-8(11(15)12(9)16)13(18-17)10-6-2-1-3-7(6)10/h4-7,10,13,18H,1-3,17H2. The number of halogens is 3. The summed E-state index contributed by atoms with van der Waals surface area (Å²) < 4.78 is 39.9. The first-order valence-corrected chi connectivity index (χ1v) is 6.24. The lowest BCUT2D eigenvalue weighted by Crippen LogP contribution is -2.31. The number of benzene rings is 1. The molecule has 2 fully saturated rings. The van der Waals surface area contributed by atoms with Gasteiger partial charge in [0, 0.05) is 5.56 Å². The predicted molar refractivity (Wildman–Crippen MR) is 60.7 cm³/mol. The summed E-state index contributed by atoms with van der Waals surface area (Å²) in [6.45, 7) is 0. The average Bonchev–Trinajstić information content (AvgIpc) is 2.84. The summed E-state index contributed by atoms with van der Waals surface area (Å²) in [6, 6.07) is 1.82. The van der Waals surface area contributed by atoms with Crippen molar-refractivity contribution < 1.29 is 13.2 Å². The molecule has 0 aromatic heterocycles. The summed E-state index contributed by atoms with van der Waals surface area (Å²) in [7, 11) is 0. The van der Waals surface area contributed by atoms with E-state index in [9.17, 15) is 13.2 Å². The Labute approximate surface area is 103 Å². The molecule has 0 aliphatic heterocycles.